The fraction of sp³-hybridized carbons (Fsp3) is 0.222. The highest BCUT2D eigenvalue weighted by Gasteiger charge is 2.21. The van der Waals surface area contributed by atoms with Crippen molar-refractivity contribution < 1.29 is 4.79 Å². The Hall–Kier alpha value is -2.40. The molecule has 0 fully saturated rings. The summed E-state index contributed by atoms with van der Waals surface area (Å²) in [7, 11) is 0. The minimum absolute atomic E-state index is 0.144. The van der Waals surface area contributed by atoms with E-state index in [-0.39, 0.29) is 5.78 Å². The van der Waals surface area contributed by atoms with Crippen LogP contribution in [0.15, 0.2) is 54.6 Å². The number of nitriles is 1. The Kier molecular flexibility index (Phi) is 4.32. The van der Waals surface area contributed by atoms with Gasteiger partial charge in [-0.15, -0.1) is 0 Å². The summed E-state index contributed by atoms with van der Waals surface area (Å²) in [5.41, 5.74) is 2.52. The zero-order chi connectivity index (χ0) is 14.5. The van der Waals surface area contributed by atoms with Gasteiger partial charge in [0.15, 0.2) is 5.78 Å². The van der Waals surface area contributed by atoms with Crippen molar-refractivity contribution in [1.82, 2.24) is 0 Å². The lowest BCUT2D eigenvalue weighted by molar-refractivity contribution is 0.0979. The van der Waals surface area contributed by atoms with Crippen molar-refractivity contribution in [2.45, 2.75) is 25.7 Å². The van der Waals surface area contributed by atoms with Crippen LogP contribution in [-0.2, 0) is 0 Å². The number of carbonyl (C=O) groups is 1. The van der Waals surface area contributed by atoms with Crippen molar-refractivity contribution >= 4 is 5.78 Å². The van der Waals surface area contributed by atoms with E-state index < -0.39 is 5.92 Å². The minimum atomic E-state index is -0.735. The van der Waals surface area contributed by atoms with Gasteiger partial charge < -0.3 is 0 Å². The zero-order valence-corrected chi connectivity index (χ0v) is 11.7. The van der Waals surface area contributed by atoms with Gasteiger partial charge in [0.1, 0.15) is 5.92 Å². The largest absolute Gasteiger partial charge is 0.292 e. The van der Waals surface area contributed by atoms with Gasteiger partial charge >= 0.3 is 0 Å². The van der Waals surface area contributed by atoms with Gasteiger partial charge in [0, 0.05) is 5.56 Å². The lowest BCUT2D eigenvalue weighted by Gasteiger charge is -2.10. The number of ketones is 1. The lowest BCUT2D eigenvalue weighted by atomic mass is 9.91. The van der Waals surface area contributed by atoms with E-state index in [1.165, 1.54) is 5.56 Å². The molecule has 0 aliphatic rings. The molecule has 1 atom stereocenters. The lowest BCUT2D eigenvalue weighted by Crippen LogP contribution is -2.11. The van der Waals surface area contributed by atoms with Crippen LogP contribution >= 0.6 is 0 Å². The van der Waals surface area contributed by atoms with Gasteiger partial charge in [-0.05, 0) is 17.0 Å². The molecule has 2 heteroatoms. The Balaban J connectivity index is 2.28. The molecule has 0 aliphatic carbocycles. The first-order valence-electron chi connectivity index (χ1n) is 6.72. The van der Waals surface area contributed by atoms with E-state index in [2.05, 4.69) is 19.9 Å². The van der Waals surface area contributed by atoms with Crippen LogP contribution in [0.3, 0.4) is 0 Å². The highest BCUT2D eigenvalue weighted by atomic mass is 16.1. The van der Waals surface area contributed by atoms with Gasteiger partial charge in [-0.3, -0.25) is 4.79 Å². The summed E-state index contributed by atoms with van der Waals surface area (Å²) in [6, 6.07) is 18.8. The first-order valence-corrected chi connectivity index (χ1v) is 6.72. The van der Waals surface area contributed by atoms with Gasteiger partial charge in [0.25, 0.3) is 0 Å². The number of Topliss-reactive ketones (excluding diaryl/α,β-unsaturated/α-hetero) is 1. The summed E-state index contributed by atoms with van der Waals surface area (Å²) in [5.74, 6) is -0.449. The molecule has 0 amide bonds. The fourth-order valence-corrected chi connectivity index (χ4v) is 2.13. The summed E-state index contributed by atoms with van der Waals surface area (Å²) in [4.78, 5) is 12.4. The number of hydrogen-bond donors (Lipinski definition) is 0. The summed E-state index contributed by atoms with van der Waals surface area (Å²) >= 11 is 0. The fourth-order valence-electron chi connectivity index (χ4n) is 2.13. The topological polar surface area (TPSA) is 40.9 Å². The van der Waals surface area contributed by atoms with Gasteiger partial charge in [-0.1, -0.05) is 68.4 Å². The molecule has 2 nitrogen and oxygen atoms in total. The van der Waals surface area contributed by atoms with Crippen molar-refractivity contribution in [2.75, 3.05) is 0 Å². The van der Waals surface area contributed by atoms with Crippen molar-refractivity contribution in [3.05, 3.63) is 71.3 Å². The Morgan fingerprint density at radius 3 is 2.05 bits per heavy atom. The third-order valence-electron chi connectivity index (χ3n) is 3.39. The molecule has 0 spiro atoms. The van der Waals surface area contributed by atoms with Crippen LogP contribution in [0.5, 0.6) is 0 Å². The Bertz CT molecular complexity index is 621. The quantitative estimate of drug-likeness (QED) is 0.772. The number of hydrogen-bond acceptors (Lipinski definition) is 2. The van der Waals surface area contributed by atoms with Gasteiger partial charge in [0.05, 0.1) is 6.07 Å². The van der Waals surface area contributed by atoms with Crippen LogP contribution in [-0.4, -0.2) is 5.78 Å². The zero-order valence-electron chi connectivity index (χ0n) is 11.7. The molecule has 20 heavy (non-hydrogen) atoms. The van der Waals surface area contributed by atoms with E-state index >= 15 is 0 Å². The number of rotatable bonds is 4. The van der Waals surface area contributed by atoms with E-state index in [0.29, 0.717) is 11.5 Å². The molecule has 0 aromatic heterocycles. The van der Waals surface area contributed by atoms with E-state index in [9.17, 15) is 10.1 Å². The van der Waals surface area contributed by atoms with Crippen LogP contribution < -0.4 is 0 Å². The molecule has 2 rings (SSSR count). The SMILES string of the molecule is CC(C)c1ccc(C(=O)C(C#N)c2ccccc2)cc1. The predicted molar refractivity (Wildman–Crippen MR) is 79.7 cm³/mol. The number of nitrogens with zero attached hydrogens (tertiary/aromatic N) is 1. The monoisotopic (exact) mass is 263 g/mol. The Labute approximate surface area is 119 Å². The highest BCUT2D eigenvalue weighted by Crippen LogP contribution is 2.22. The van der Waals surface area contributed by atoms with E-state index in [4.69, 9.17) is 0 Å². The second-order valence-electron chi connectivity index (χ2n) is 5.11. The summed E-state index contributed by atoms with van der Waals surface area (Å²) < 4.78 is 0. The van der Waals surface area contributed by atoms with E-state index in [0.717, 1.165) is 5.56 Å². The first-order chi connectivity index (χ1) is 9.63. The maximum Gasteiger partial charge on any atom is 0.184 e. The molecular weight excluding hydrogens is 246 g/mol. The molecule has 0 bridgehead atoms. The molecule has 100 valence electrons. The van der Waals surface area contributed by atoms with Crippen LogP contribution in [0.4, 0.5) is 0 Å². The Morgan fingerprint density at radius 2 is 1.55 bits per heavy atom. The average molecular weight is 263 g/mol. The van der Waals surface area contributed by atoms with E-state index in [1.54, 1.807) is 0 Å². The maximum absolute atomic E-state index is 12.4. The second-order valence-corrected chi connectivity index (χ2v) is 5.11. The molecule has 0 saturated heterocycles. The minimum Gasteiger partial charge on any atom is -0.292 e. The third-order valence-corrected chi connectivity index (χ3v) is 3.39. The standard InChI is InChI=1S/C18H17NO/c1-13(2)14-8-10-16(11-9-14)18(20)17(12-19)15-6-4-3-5-7-15/h3-11,13,17H,1-2H3. The highest BCUT2D eigenvalue weighted by molar-refractivity contribution is 6.02. The summed E-state index contributed by atoms with van der Waals surface area (Å²) in [5, 5.41) is 9.28. The van der Waals surface area contributed by atoms with Crippen LogP contribution in [0.25, 0.3) is 0 Å². The second kappa shape index (κ2) is 6.16. The molecule has 1 unspecified atom stereocenters. The van der Waals surface area contributed by atoms with Crippen molar-refractivity contribution in [2.24, 2.45) is 0 Å². The first kappa shape index (κ1) is 14.0. The number of benzene rings is 2. The molecule has 2 aromatic carbocycles. The van der Waals surface area contributed by atoms with Gasteiger partial charge in [-0.2, -0.15) is 5.26 Å². The average Bonchev–Trinajstić information content (AvgIpc) is 2.49. The van der Waals surface area contributed by atoms with Crippen LogP contribution in [0.1, 0.15) is 47.2 Å². The smallest absolute Gasteiger partial charge is 0.184 e. The summed E-state index contributed by atoms with van der Waals surface area (Å²) in [6.07, 6.45) is 0. The van der Waals surface area contributed by atoms with E-state index in [1.807, 2.05) is 54.6 Å². The maximum atomic E-state index is 12.4. The van der Waals surface area contributed by atoms with Crippen molar-refractivity contribution in [3.8, 4) is 6.07 Å². The van der Waals surface area contributed by atoms with Gasteiger partial charge in [-0.25, -0.2) is 0 Å². The Morgan fingerprint density at radius 1 is 0.950 bits per heavy atom. The molecule has 0 heterocycles. The molecule has 0 radical (unpaired) electrons. The molecule has 0 N–H and O–H groups in total. The normalized spacial score (nSPS) is 11.9. The number of carbonyl (C=O) groups excluding carboxylic acids is 1. The molecule has 2 aromatic rings. The molecule has 0 aliphatic heterocycles. The molecular formula is C18H17NO. The third kappa shape index (κ3) is 2.95. The summed E-state index contributed by atoms with van der Waals surface area (Å²) in [6.45, 7) is 4.22. The molecule has 0 saturated carbocycles. The van der Waals surface area contributed by atoms with Crippen LogP contribution in [0.2, 0.25) is 0 Å². The van der Waals surface area contributed by atoms with Gasteiger partial charge in [0.2, 0.25) is 0 Å². The van der Waals surface area contributed by atoms with Crippen molar-refractivity contribution in [1.29, 1.82) is 5.26 Å². The predicted octanol–water partition coefficient (Wildman–Crippen LogP) is 4.30. The van der Waals surface area contributed by atoms with Crippen LogP contribution in [0, 0.1) is 11.3 Å². The van der Waals surface area contributed by atoms with Crippen molar-refractivity contribution in [3.63, 3.8) is 0 Å².